The zero-order valence-electron chi connectivity index (χ0n) is 16.8. The second-order valence-corrected chi connectivity index (χ2v) is 8.33. The molecule has 1 aromatic carbocycles. The number of fused-ring (bicyclic) bond motifs is 1. The fourth-order valence-corrected chi connectivity index (χ4v) is 2.95. The van der Waals surface area contributed by atoms with Crippen LogP contribution >= 0.6 is 0 Å². The van der Waals surface area contributed by atoms with E-state index < -0.39 is 17.8 Å². The maximum atomic E-state index is 13.1. The second kappa shape index (κ2) is 8.32. The van der Waals surface area contributed by atoms with Gasteiger partial charge in [0, 0.05) is 12.1 Å². The third-order valence-electron chi connectivity index (χ3n) is 3.89. The number of carbonyl (C=O) groups is 2. The van der Waals surface area contributed by atoms with Crippen LogP contribution in [0.4, 0.5) is 8.78 Å². The molecule has 0 aliphatic carbocycles. The van der Waals surface area contributed by atoms with Crippen LogP contribution in [-0.2, 0) is 9.53 Å². The molecule has 0 bridgehead atoms. The van der Waals surface area contributed by atoms with Crippen molar-refractivity contribution in [2.75, 3.05) is 6.54 Å². The van der Waals surface area contributed by atoms with Gasteiger partial charge >= 0.3 is 12.3 Å². The molecular formula is C20H27F2NO5. The molecule has 0 radical (unpaired) electrons. The van der Waals surface area contributed by atoms with E-state index in [-0.39, 0.29) is 41.9 Å². The van der Waals surface area contributed by atoms with Gasteiger partial charge in [0.25, 0.3) is 5.91 Å². The molecule has 1 atom stereocenters. The van der Waals surface area contributed by atoms with Gasteiger partial charge in [0.2, 0.25) is 0 Å². The van der Waals surface area contributed by atoms with Crippen LogP contribution in [0.5, 0.6) is 11.5 Å². The van der Waals surface area contributed by atoms with Crippen LogP contribution in [0.15, 0.2) is 18.2 Å². The average molecular weight is 399 g/mol. The van der Waals surface area contributed by atoms with Crippen molar-refractivity contribution in [2.24, 2.45) is 11.8 Å². The van der Waals surface area contributed by atoms with Crippen LogP contribution in [0.3, 0.4) is 0 Å². The topological polar surface area (TPSA) is 73.9 Å². The number of benzene rings is 1. The summed E-state index contributed by atoms with van der Waals surface area (Å²) in [5.74, 6) is -0.846. The molecule has 28 heavy (non-hydrogen) atoms. The standard InChI is InChI=1S/C20H27F2NO5/c1-12(2)8-13(9-17(24)28-19(3,4)5)11-23-18(25)14-6-7-15-16(10-14)27-20(21,22)26-15/h6-7,10,12-13H,8-9,11H2,1-5H3,(H,23,25)/t13-/m0/s1. The van der Waals surface area contributed by atoms with Gasteiger partial charge in [-0.05, 0) is 57.2 Å². The van der Waals surface area contributed by atoms with Crippen molar-refractivity contribution in [3.8, 4) is 11.5 Å². The van der Waals surface area contributed by atoms with Gasteiger partial charge in [0.15, 0.2) is 11.5 Å². The maximum absolute atomic E-state index is 13.1. The normalized spacial score (nSPS) is 16.0. The van der Waals surface area contributed by atoms with Crippen molar-refractivity contribution < 1.29 is 32.6 Å². The fraction of sp³-hybridized carbons (Fsp3) is 0.600. The number of rotatable bonds is 7. The number of alkyl halides is 2. The summed E-state index contributed by atoms with van der Waals surface area (Å²) in [6, 6.07) is 3.85. The second-order valence-electron chi connectivity index (χ2n) is 8.33. The van der Waals surface area contributed by atoms with Crippen LogP contribution in [0.25, 0.3) is 0 Å². The summed E-state index contributed by atoms with van der Waals surface area (Å²) in [6.07, 6.45) is -2.82. The first-order chi connectivity index (χ1) is 12.8. The Bertz CT molecular complexity index is 728. The minimum atomic E-state index is -3.73. The van der Waals surface area contributed by atoms with Gasteiger partial charge in [0.05, 0.1) is 6.42 Å². The van der Waals surface area contributed by atoms with Crippen molar-refractivity contribution in [3.05, 3.63) is 23.8 Å². The highest BCUT2D eigenvalue weighted by molar-refractivity contribution is 5.95. The van der Waals surface area contributed by atoms with Crippen LogP contribution in [-0.4, -0.2) is 30.3 Å². The molecule has 1 heterocycles. The molecule has 2 rings (SSSR count). The lowest BCUT2D eigenvalue weighted by atomic mass is 9.94. The molecule has 1 amide bonds. The number of hydrogen-bond acceptors (Lipinski definition) is 5. The van der Waals surface area contributed by atoms with Crippen LogP contribution < -0.4 is 14.8 Å². The Morgan fingerprint density at radius 1 is 1.18 bits per heavy atom. The smallest absolute Gasteiger partial charge is 0.460 e. The van der Waals surface area contributed by atoms with Gasteiger partial charge < -0.3 is 19.5 Å². The first-order valence-corrected chi connectivity index (χ1v) is 9.24. The lowest BCUT2D eigenvalue weighted by Gasteiger charge is -2.23. The van der Waals surface area contributed by atoms with Crippen molar-refractivity contribution in [3.63, 3.8) is 0 Å². The number of nitrogens with one attached hydrogen (secondary N) is 1. The molecule has 0 spiro atoms. The van der Waals surface area contributed by atoms with Crippen molar-refractivity contribution in [2.45, 2.75) is 59.4 Å². The number of hydrogen-bond donors (Lipinski definition) is 1. The summed E-state index contributed by atoms with van der Waals surface area (Å²) in [5.41, 5.74) is -0.405. The van der Waals surface area contributed by atoms with E-state index in [2.05, 4.69) is 14.8 Å². The summed E-state index contributed by atoms with van der Waals surface area (Å²) in [4.78, 5) is 24.5. The average Bonchev–Trinajstić information content (AvgIpc) is 2.82. The molecule has 0 saturated heterocycles. The van der Waals surface area contributed by atoms with E-state index in [1.54, 1.807) is 20.8 Å². The molecule has 0 fully saturated rings. The van der Waals surface area contributed by atoms with Gasteiger partial charge in [-0.25, -0.2) is 0 Å². The molecule has 0 unspecified atom stereocenters. The number of halogens is 2. The van der Waals surface area contributed by atoms with Crippen molar-refractivity contribution in [1.29, 1.82) is 0 Å². The predicted octanol–water partition coefficient (Wildman–Crippen LogP) is 4.13. The summed E-state index contributed by atoms with van der Waals surface area (Å²) in [6.45, 7) is 9.72. The van der Waals surface area contributed by atoms with Gasteiger partial charge in [-0.15, -0.1) is 8.78 Å². The highest BCUT2D eigenvalue weighted by atomic mass is 19.3. The minimum absolute atomic E-state index is 0.0999. The fourth-order valence-electron chi connectivity index (χ4n) is 2.95. The zero-order chi connectivity index (χ0) is 21.1. The SMILES string of the molecule is CC(C)C[C@H](CNC(=O)c1ccc2c(c1)OC(F)(F)O2)CC(=O)OC(C)(C)C. The van der Waals surface area contributed by atoms with Crippen LogP contribution in [0.1, 0.15) is 57.8 Å². The molecule has 0 saturated carbocycles. The Morgan fingerprint density at radius 3 is 2.43 bits per heavy atom. The third kappa shape index (κ3) is 6.65. The van der Waals surface area contributed by atoms with E-state index in [1.165, 1.54) is 18.2 Å². The van der Waals surface area contributed by atoms with Crippen LogP contribution in [0.2, 0.25) is 0 Å². The first kappa shape index (κ1) is 21.9. The molecular weight excluding hydrogens is 372 g/mol. The van der Waals surface area contributed by atoms with Gasteiger partial charge in [-0.2, -0.15) is 0 Å². The Balaban J connectivity index is 1.97. The molecule has 156 valence electrons. The van der Waals surface area contributed by atoms with Crippen molar-refractivity contribution in [1.82, 2.24) is 5.32 Å². The highest BCUT2D eigenvalue weighted by Gasteiger charge is 2.43. The van der Waals surface area contributed by atoms with Crippen molar-refractivity contribution >= 4 is 11.9 Å². The predicted molar refractivity (Wildman–Crippen MR) is 98.4 cm³/mol. The van der Waals surface area contributed by atoms with E-state index in [1.807, 2.05) is 13.8 Å². The Kier molecular flexibility index (Phi) is 6.52. The van der Waals surface area contributed by atoms with Gasteiger partial charge in [-0.3, -0.25) is 9.59 Å². The monoisotopic (exact) mass is 399 g/mol. The summed E-state index contributed by atoms with van der Waals surface area (Å²) in [5, 5.41) is 2.75. The lowest BCUT2D eigenvalue weighted by Crippen LogP contribution is -2.32. The number of carbonyl (C=O) groups excluding carboxylic acids is 2. The number of ether oxygens (including phenoxy) is 3. The van der Waals surface area contributed by atoms with E-state index in [0.717, 1.165) is 6.42 Å². The van der Waals surface area contributed by atoms with E-state index in [9.17, 15) is 18.4 Å². The summed E-state index contributed by atoms with van der Waals surface area (Å²) < 4.78 is 40.2. The van der Waals surface area contributed by atoms with Gasteiger partial charge in [0.1, 0.15) is 5.60 Å². The summed E-state index contributed by atoms with van der Waals surface area (Å²) >= 11 is 0. The van der Waals surface area contributed by atoms with Crippen LogP contribution in [0, 0.1) is 11.8 Å². The molecule has 1 aliphatic rings. The number of esters is 1. The van der Waals surface area contributed by atoms with E-state index >= 15 is 0 Å². The highest BCUT2D eigenvalue weighted by Crippen LogP contribution is 2.41. The Labute approximate surface area is 163 Å². The number of amides is 1. The van der Waals surface area contributed by atoms with E-state index in [0.29, 0.717) is 5.92 Å². The van der Waals surface area contributed by atoms with E-state index in [4.69, 9.17) is 4.74 Å². The molecule has 8 heteroatoms. The first-order valence-electron chi connectivity index (χ1n) is 9.24. The maximum Gasteiger partial charge on any atom is 0.586 e. The zero-order valence-corrected chi connectivity index (χ0v) is 16.8. The van der Waals surface area contributed by atoms with Gasteiger partial charge in [-0.1, -0.05) is 13.8 Å². The molecule has 1 N–H and O–H groups in total. The largest absolute Gasteiger partial charge is 0.586 e. The molecule has 1 aromatic rings. The quantitative estimate of drug-likeness (QED) is 0.698. The minimum Gasteiger partial charge on any atom is -0.460 e. The Morgan fingerprint density at radius 2 is 1.82 bits per heavy atom. The molecule has 6 nitrogen and oxygen atoms in total. The summed E-state index contributed by atoms with van der Waals surface area (Å²) in [7, 11) is 0. The lowest BCUT2D eigenvalue weighted by molar-refractivity contribution is -0.286. The molecule has 0 aromatic heterocycles. The Hall–Kier alpha value is -2.38. The third-order valence-corrected chi connectivity index (χ3v) is 3.89. The molecule has 1 aliphatic heterocycles.